The molecule has 1 unspecified atom stereocenters. The maximum atomic E-state index is 11.3. The minimum absolute atomic E-state index is 0.0305. The van der Waals surface area contributed by atoms with Gasteiger partial charge >= 0.3 is 0 Å². The number of aromatic nitrogens is 1. The number of rotatable bonds is 3. The Morgan fingerprint density at radius 3 is 2.92 bits per heavy atom. The molecule has 0 spiro atoms. The van der Waals surface area contributed by atoms with E-state index in [1.165, 1.54) is 0 Å². The lowest BCUT2D eigenvalue weighted by Gasteiger charge is -2.08. The Balaban J connectivity index is 2.59. The Morgan fingerprint density at radius 2 is 2.42 bits per heavy atom. The van der Waals surface area contributed by atoms with Crippen LogP contribution in [0.1, 0.15) is 18.4 Å². The highest BCUT2D eigenvalue weighted by Crippen LogP contribution is 2.12. The summed E-state index contributed by atoms with van der Waals surface area (Å²) in [7, 11) is 1.67. The van der Waals surface area contributed by atoms with Gasteiger partial charge in [-0.2, -0.15) is 0 Å². The van der Waals surface area contributed by atoms with E-state index < -0.39 is 0 Å². The predicted molar refractivity (Wildman–Crippen MR) is 46.4 cm³/mol. The average Bonchev–Trinajstić information content (AvgIpc) is 2.55. The molecular weight excluding hydrogens is 154 g/mol. The van der Waals surface area contributed by atoms with E-state index in [0.29, 0.717) is 0 Å². The average molecular weight is 167 g/mol. The van der Waals surface area contributed by atoms with Crippen LogP contribution in [0.5, 0.6) is 0 Å². The van der Waals surface area contributed by atoms with Crippen LogP contribution in [0.4, 0.5) is 0 Å². The first-order chi connectivity index (χ1) is 5.75. The van der Waals surface area contributed by atoms with Crippen LogP contribution in [0.3, 0.4) is 0 Å². The van der Waals surface area contributed by atoms with Gasteiger partial charge in [0.05, 0.1) is 5.92 Å². The van der Waals surface area contributed by atoms with Crippen molar-refractivity contribution in [1.82, 2.24) is 15.8 Å². The summed E-state index contributed by atoms with van der Waals surface area (Å²) in [4.78, 5) is 14.2. The van der Waals surface area contributed by atoms with Crippen molar-refractivity contribution >= 4 is 5.91 Å². The molecule has 0 aliphatic carbocycles. The largest absolute Gasteiger partial charge is 0.367 e. The third-order valence-electron chi connectivity index (χ3n) is 1.76. The maximum Gasteiger partial charge on any atom is 0.241 e. The molecule has 0 fully saturated rings. The first-order valence-corrected chi connectivity index (χ1v) is 3.85. The molecule has 3 N–H and O–H groups in total. The molecule has 0 bridgehead atoms. The maximum absolute atomic E-state index is 11.3. The summed E-state index contributed by atoms with van der Waals surface area (Å²) in [5.74, 6) is -0.152. The van der Waals surface area contributed by atoms with Crippen molar-refractivity contribution in [2.45, 2.75) is 12.8 Å². The molecule has 0 saturated carbocycles. The van der Waals surface area contributed by atoms with E-state index in [-0.39, 0.29) is 11.8 Å². The predicted octanol–water partition coefficient (Wildman–Crippen LogP) is 0.369. The molecular formula is C8H13N3O. The number of amides is 1. The van der Waals surface area contributed by atoms with E-state index in [4.69, 9.17) is 0 Å². The monoisotopic (exact) mass is 167 g/mol. The molecule has 1 aromatic rings. The van der Waals surface area contributed by atoms with Crippen LogP contribution in [0.15, 0.2) is 18.5 Å². The van der Waals surface area contributed by atoms with E-state index in [1.54, 1.807) is 13.2 Å². The van der Waals surface area contributed by atoms with Crippen molar-refractivity contribution in [3.8, 4) is 0 Å². The summed E-state index contributed by atoms with van der Waals surface area (Å²) in [5.41, 5.74) is 6.12. The summed E-state index contributed by atoms with van der Waals surface area (Å²) in [6, 6.07) is 1.89. The van der Waals surface area contributed by atoms with E-state index in [1.807, 2.05) is 19.2 Å². The fraction of sp³-hybridized carbons (Fsp3) is 0.375. The smallest absolute Gasteiger partial charge is 0.241 e. The minimum Gasteiger partial charge on any atom is -0.367 e. The van der Waals surface area contributed by atoms with Gasteiger partial charge < -0.3 is 4.98 Å². The number of hydrogen-bond donors (Lipinski definition) is 3. The highest BCUT2D eigenvalue weighted by molar-refractivity contribution is 5.82. The van der Waals surface area contributed by atoms with Crippen molar-refractivity contribution < 1.29 is 4.79 Å². The number of carbonyl (C=O) groups excluding carboxylic acids is 1. The van der Waals surface area contributed by atoms with Crippen LogP contribution in [-0.2, 0) is 4.79 Å². The fourth-order valence-electron chi connectivity index (χ4n) is 0.989. The van der Waals surface area contributed by atoms with Gasteiger partial charge in [0.1, 0.15) is 0 Å². The highest BCUT2D eigenvalue weighted by Gasteiger charge is 2.13. The summed E-state index contributed by atoms with van der Waals surface area (Å²) >= 11 is 0. The Bertz CT molecular complexity index is 243. The summed E-state index contributed by atoms with van der Waals surface area (Å²) < 4.78 is 0. The zero-order valence-electron chi connectivity index (χ0n) is 7.22. The second-order valence-corrected chi connectivity index (χ2v) is 2.61. The molecule has 12 heavy (non-hydrogen) atoms. The topological polar surface area (TPSA) is 56.9 Å². The lowest BCUT2D eigenvalue weighted by atomic mass is 10.0. The van der Waals surface area contributed by atoms with E-state index >= 15 is 0 Å². The summed E-state index contributed by atoms with van der Waals surface area (Å²) in [5, 5.41) is 0. The van der Waals surface area contributed by atoms with Gasteiger partial charge in [-0.1, -0.05) is 0 Å². The molecule has 0 aliphatic heterocycles. The van der Waals surface area contributed by atoms with Gasteiger partial charge in [-0.25, -0.2) is 5.43 Å². The number of nitrogens with one attached hydrogen (secondary N) is 3. The first-order valence-electron chi connectivity index (χ1n) is 3.85. The molecule has 4 nitrogen and oxygen atoms in total. The van der Waals surface area contributed by atoms with Crippen LogP contribution in [0, 0.1) is 0 Å². The van der Waals surface area contributed by atoms with Crippen LogP contribution in [0.2, 0.25) is 0 Å². The second-order valence-electron chi connectivity index (χ2n) is 2.61. The minimum atomic E-state index is -0.122. The van der Waals surface area contributed by atoms with Crippen LogP contribution in [-0.4, -0.2) is 17.9 Å². The Morgan fingerprint density at radius 1 is 1.67 bits per heavy atom. The zero-order valence-corrected chi connectivity index (χ0v) is 7.22. The van der Waals surface area contributed by atoms with Crippen LogP contribution < -0.4 is 10.9 Å². The van der Waals surface area contributed by atoms with E-state index in [2.05, 4.69) is 15.8 Å². The van der Waals surface area contributed by atoms with Crippen molar-refractivity contribution in [3.05, 3.63) is 24.0 Å². The molecule has 0 saturated heterocycles. The summed E-state index contributed by atoms with van der Waals surface area (Å²) in [6.07, 6.45) is 3.62. The van der Waals surface area contributed by atoms with Crippen LogP contribution in [0.25, 0.3) is 0 Å². The molecule has 0 radical (unpaired) electrons. The number of aromatic amines is 1. The number of H-pyrrole nitrogens is 1. The van der Waals surface area contributed by atoms with E-state index in [9.17, 15) is 4.79 Å². The Hall–Kier alpha value is -1.29. The lowest BCUT2D eigenvalue weighted by molar-refractivity contribution is -0.123. The lowest BCUT2D eigenvalue weighted by Crippen LogP contribution is -2.36. The van der Waals surface area contributed by atoms with Gasteiger partial charge in [0.15, 0.2) is 0 Å². The SMILES string of the molecule is CNNC(=O)C(C)c1cc[nH]c1. The first kappa shape index (κ1) is 8.80. The standard InChI is InChI=1S/C8H13N3O/c1-6(8(12)11-9-2)7-3-4-10-5-7/h3-6,9-10H,1-2H3,(H,11,12). The number of hydrazine groups is 1. The van der Waals surface area contributed by atoms with Crippen LogP contribution >= 0.6 is 0 Å². The molecule has 1 rings (SSSR count). The van der Waals surface area contributed by atoms with Gasteiger partial charge in [-0.05, 0) is 18.6 Å². The van der Waals surface area contributed by atoms with Gasteiger partial charge in [0, 0.05) is 19.4 Å². The molecule has 0 aromatic carbocycles. The van der Waals surface area contributed by atoms with Crippen molar-refractivity contribution in [3.63, 3.8) is 0 Å². The Labute approximate surface area is 71.3 Å². The van der Waals surface area contributed by atoms with Crippen molar-refractivity contribution in [2.75, 3.05) is 7.05 Å². The second kappa shape index (κ2) is 3.92. The Kier molecular flexibility index (Phi) is 2.88. The fourth-order valence-corrected chi connectivity index (χ4v) is 0.989. The van der Waals surface area contributed by atoms with Crippen molar-refractivity contribution in [2.24, 2.45) is 0 Å². The van der Waals surface area contributed by atoms with Crippen molar-refractivity contribution in [1.29, 1.82) is 0 Å². The van der Waals surface area contributed by atoms with Gasteiger partial charge in [-0.3, -0.25) is 10.2 Å². The molecule has 0 aliphatic rings. The highest BCUT2D eigenvalue weighted by atomic mass is 16.2. The van der Waals surface area contributed by atoms with Gasteiger partial charge in [-0.15, -0.1) is 0 Å². The number of hydrogen-bond acceptors (Lipinski definition) is 2. The normalized spacial score (nSPS) is 12.5. The molecule has 1 amide bonds. The zero-order chi connectivity index (χ0) is 8.97. The molecule has 1 atom stereocenters. The van der Waals surface area contributed by atoms with E-state index in [0.717, 1.165) is 5.56 Å². The number of carbonyl (C=O) groups is 1. The third-order valence-corrected chi connectivity index (χ3v) is 1.76. The quantitative estimate of drug-likeness (QED) is 0.570. The molecule has 1 heterocycles. The van der Waals surface area contributed by atoms with Gasteiger partial charge in [0.25, 0.3) is 0 Å². The molecule has 1 aromatic heterocycles. The molecule has 4 heteroatoms. The van der Waals surface area contributed by atoms with Gasteiger partial charge in [0.2, 0.25) is 5.91 Å². The molecule has 66 valence electrons. The summed E-state index contributed by atoms with van der Waals surface area (Å²) in [6.45, 7) is 1.86. The third kappa shape index (κ3) is 1.85.